The lowest BCUT2D eigenvalue weighted by atomic mass is 10.2. The smallest absolute Gasteiger partial charge is 0.278 e. The van der Waals surface area contributed by atoms with E-state index in [0.29, 0.717) is 28.8 Å². The Kier molecular flexibility index (Phi) is 7.15. The highest BCUT2D eigenvalue weighted by Crippen LogP contribution is 2.30. The van der Waals surface area contributed by atoms with Crippen molar-refractivity contribution in [2.75, 3.05) is 36.4 Å². The lowest BCUT2D eigenvalue weighted by molar-refractivity contribution is 0.209. The number of hydrogen-bond acceptors (Lipinski definition) is 8. The first-order chi connectivity index (χ1) is 20.2. The normalized spacial score (nSPS) is 14.5. The number of aromatic nitrogens is 7. The highest BCUT2D eigenvalue weighted by Gasteiger charge is 2.22. The molecule has 0 amide bonds. The monoisotopic (exact) mass is 568 g/mol. The van der Waals surface area contributed by atoms with E-state index >= 15 is 0 Å². The first-order valence-electron chi connectivity index (χ1n) is 14.3. The zero-order valence-electron chi connectivity index (χ0n) is 24.4. The van der Waals surface area contributed by atoms with Crippen molar-refractivity contribution in [1.29, 1.82) is 0 Å². The van der Waals surface area contributed by atoms with Crippen LogP contribution in [0.25, 0.3) is 27.8 Å². The summed E-state index contributed by atoms with van der Waals surface area (Å²) in [5.74, 6) is 0.733. The van der Waals surface area contributed by atoms with Gasteiger partial charge in [-0.1, -0.05) is 6.08 Å². The molecule has 0 atom stereocenters. The van der Waals surface area contributed by atoms with Crippen LogP contribution in [0.1, 0.15) is 33.7 Å². The van der Waals surface area contributed by atoms with Gasteiger partial charge in [-0.25, -0.2) is 19.0 Å². The Balaban J connectivity index is 1.33. The fourth-order valence-corrected chi connectivity index (χ4v) is 5.57. The number of rotatable bonds is 8. The number of piperazine rings is 1. The second-order valence-electron chi connectivity index (χ2n) is 11.2. The van der Waals surface area contributed by atoms with E-state index in [4.69, 9.17) is 4.98 Å². The molecule has 0 radical (unpaired) electrons. The molecule has 6 rings (SSSR count). The number of fused-ring (bicyclic) bond motifs is 2. The summed E-state index contributed by atoms with van der Waals surface area (Å²) in [5.41, 5.74) is 2.92. The molecule has 1 saturated heterocycles. The molecule has 1 aromatic carbocycles. The van der Waals surface area contributed by atoms with Gasteiger partial charge < -0.3 is 15.2 Å². The van der Waals surface area contributed by atoms with Crippen LogP contribution in [0.3, 0.4) is 0 Å². The maximum Gasteiger partial charge on any atom is 0.278 e. The zero-order chi connectivity index (χ0) is 29.5. The molecule has 0 saturated carbocycles. The second kappa shape index (κ2) is 10.9. The standard InChI is InChI=1S/C30H36N10O2/c1-6-11-38-29(42)23-17-32-30(34-28(23)40(38)26-9-10-27(41)39(35-26)20(4)5)33-21-7-8-22-24(16-21)31-18-25(22)37-14-12-36(13-15-37)19(2)3/h6-10,16-20,31H,1,11-15H2,2-5H3,(H,32,33,34). The van der Waals surface area contributed by atoms with Crippen LogP contribution in [0, 0.1) is 0 Å². The first-order valence-corrected chi connectivity index (χ1v) is 14.3. The molecule has 218 valence electrons. The van der Waals surface area contributed by atoms with E-state index in [2.05, 4.69) is 62.9 Å². The summed E-state index contributed by atoms with van der Waals surface area (Å²) >= 11 is 0. The zero-order valence-corrected chi connectivity index (χ0v) is 24.4. The highest BCUT2D eigenvalue weighted by atomic mass is 16.1. The quantitative estimate of drug-likeness (QED) is 0.272. The Morgan fingerprint density at radius 3 is 2.52 bits per heavy atom. The van der Waals surface area contributed by atoms with Gasteiger partial charge in [0.05, 0.1) is 18.3 Å². The van der Waals surface area contributed by atoms with Crippen LogP contribution < -0.4 is 21.3 Å². The molecule has 1 aliphatic rings. The fourth-order valence-electron chi connectivity index (χ4n) is 5.57. The third-order valence-corrected chi connectivity index (χ3v) is 7.80. The average molecular weight is 569 g/mol. The van der Waals surface area contributed by atoms with E-state index in [-0.39, 0.29) is 23.7 Å². The summed E-state index contributed by atoms with van der Waals surface area (Å²) in [6, 6.07) is 9.59. The van der Waals surface area contributed by atoms with Crippen molar-refractivity contribution in [3.8, 4) is 5.82 Å². The van der Waals surface area contributed by atoms with Crippen LogP contribution in [0.4, 0.5) is 17.3 Å². The van der Waals surface area contributed by atoms with Gasteiger partial charge in [0.25, 0.3) is 11.1 Å². The third kappa shape index (κ3) is 4.87. The van der Waals surface area contributed by atoms with Gasteiger partial charge in [-0.05, 0) is 52.0 Å². The van der Waals surface area contributed by atoms with Gasteiger partial charge in [-0.3, -0.25) is 14.5 Å². The number of allylic oxidation sites excluding steroid dienone is 1. The van der Waals surface area contributed by atoms with Crippen molar-refractivity contribution in [1.82, 2.24) is 39.0 Å². The van der Waals surface area contributed by atoms with Gasteiger partial charge in [0, 0.05) is 67.3 Å². The van der Waals surface area contributed by atoms with E-state index in [9.17, 15) is 9.59 Å². The van der Waals surface area contributed by atoms with Crippen LogP contribution >= 0.6 is 0 Å². The van der Waals surface area contributed by atoms with Gasteiger partial charge in [-0.15, -0.1) is 11.7 Å². The molecule has 5 heterocycles. The van der Waals surface area contributed by atoms with Gasteiger partial charge in [0.1, 0.15) is 5.39 Å². The number of nitrogens with zero attached hydrogens (tertiary/aromatic N) is 8. The molecule has 42 heavy (non-hydrogen) atoms. The van der Waals surface area contributed by atoms with Crippen molar-refractivity contribution in [3.05, 3.63) is 76.1 Å². The Morgan fingerprint density at radius 2 is 1.81 bits per heavy atom. The maximum absolute atomic E-state index is 13.3. The molecule has 12 heteroatoms. The van der Waals surface area contributed by atoms with E-state index in [1.165, 1.54) is 27.3 Å². The van der Waals surface area contributed by atoms with Crippen LogP contribution in [-0.2, 0) is 6.54 Å². The molecule has 4 aromatic heterocycles. The number of hydrogen-bond donors (Lipinski definition) is 2. The topological polar surface area (TPSA) is 122 Å². The third-order valence-electron chi connectivity index (χ3n) is 7.80. The van der Waals surface area contributed by atoms with Crippen molar-refractivity contribution >= 4 is 39.3 Å². The van der Waals surface area contributed by atoms with Gasteiger partial charge in [-0.2, -0.15) is 4.98 Å². The van der Waals surface area contributed by atoms with E-state index < -0.39 is 0 Å². The minimum Gasteiger partial charge on any atom is -0.367 e. The molecule has 1 aliphatic heterocycles. The molecular formula is C30H36N10O2. The van der Waals surface area contributed by atoms with Crippen LogP contribution in [0.15, 0.2) is 65.0 Å². The predicted octanol–water partition coefficient (Wildman–Crippen LogP) is 3.66. The minimum absolute atomic E-state index is 0.154. The molecule has 0 unspecified atom stereocenters. The summed E-state index contributed by atoms with van der Waals surface area (Å²) in [6.45, 7) is 16.4. The number of anilines is 3. The second-order valence-corrected chi connectivity index (χ2v) is 11.2. The van der Waals surface area contributed by atoms with Crippen molar-refractivity contribution in [2.24, 2.45) is 0 Å². The number of aromatic amines is 1. The molecular weight excluding hydrogens is 532 g/mol. The van der Waals surface area contributed by atoms with E-state index in [1.54, 1.807) is 16.8 Å². The molecule has 2 N–H and O–H groups in total. The van der Waals surface area contributed by atoms with Crippen molar-refractivity contribution in [2.45, 2.75) is 46.3 Å². The van der Waals surface area contributed by atoms with Crippen LogP contribution in [0.5, 0.6) is 0 Å². The lowest BCUT2D eigenvalue weighted by Crippen LogP contribution is -2.48. The summed E-state index contributed by atoms with van der Waals surface area (Å²) in [7, 11) is 0. The minimum atomic E-state index is -0.268. The Hall–Kier alpha value is -4.71. The highest BCUT2D eigenvalue weighted by molar-refractivity contribution is 5.95. The van der Waals surface area contributed by atoms with Crippen molar-refractivity contribution < 1.29 is 0 Å². The van der Waals surface area contributed by atoms with Crippen LogP contribution in [-0.4, -0.2) is 71.2 Å². The molecule has 0 bridgehead atoms. The van der Waals surface area contributed by atoms with Gasteiger partial charge in [0.15, 0.2) is 11.5 Å². The Morgan fingerprint density at radius 1 is 1.02 bits per heavy atom. The molecule has 1 fully saturated rings. The summed E-state index contributed by atoms with van der Waals surface area (Å²) in [4.78, 5) is 43.2. The lowest BCUT2D eigenvalue weighted by Gasteiger charge is -2.37. The Bertz CT molecular complexity index is 1890. The fraction of sp³-hybridized carbons (Fsp3) is 0.367. The summed E-state index contributed by atoms with van der Waals surface area (Å²) in [6.07, 6.45) is 5.22. The SMILES string of the molecule is C=CCn1c(=O)c2cnc(Nc3ccc4c(N5CCN(C(C)C)CC5)c[nH]c4c3)nc2n1-c1ccc(=O)n(C(C)C)n1. The molecule has 5 aromatic rings. The molecule has 0 spiro atoms. The summed E-state index contributed by atoms with van der Waals surface area (Å²) in [5, 5.41) is 9.33. The van der Waals surface area contributed by atoms with E-state index in [0.717, 1.165) is 42.8 Å². The van der Waals surface area contributed by atoms with Gasteiger partial charge >= 0.3 is 0 Å². The van der Waals surface area contributed by atoms with Gasteiger partial charge in [0.2, 0.25) is 5.95 Å². The summed E-state index contributed by atoms with van der Waals surface area (Å²) < 4.78 is 4.49. The number of nitrogens with one attached hydrogen (secondary N) is 2. The first kappa shape index (κ1) is 27.5. The number of H-pyrrole nitrogens is 1. The number of benzene rings is 1. The average Bonchev–Trinajstić information content (AvgIpc) is 3.52. The Labute approximate surface area is 242 Å². The maximum atomic E-state index is 13.3. The molecule has 0 aliphatic carbocycles. The van der Waals surface area contributed by atoms with E-state index in [1.807, 2.05) is 26.0 Å². The van der Waals surface area contributed by atoms with Crippen LogP contribution in [0.2, 0.25) is 0 Å². The molecule has 12 nitrogen and oxygen atoms in total. The largest absolute Gasteiger partial charge is 0.367 e. The predicted molar refractivity (Wildman–Crippen MR) is 166 cm³/mol. The van der Waals surface area contributed by atoms with Crippen molar-refractivity contribution in [3.63, 3.8) is 0 Å².